The molecule has 16 heavy (non-hydrogen) atoms. The fraction of sp³-hybridized carbons (Fsp3) is 0.571. The molecule has 2 heteroatoms. The van der Waals surface area contributed by atoms with Gasteiger partial charge in [-0.2, -0.15) is 0 Å². The molecule has 0 aromatic heterocycles. The summed E-state index contributed by atoms with van der Waals surface area (Å²) in [6, 6.07) is 8.71. The number of nitrogens with one attached hydrogen (secondary N) is 1. The first kappa shape index (κ1) is 13.5. The second kappa shape index (κ2) is 6.27. The van der Waals surface area contributed by atoms with Gasteiger partial charge in [0.2, 0.25) is 0 Å². The van der Waals surface area contributed by atoms with E-state index in [1.54, 1.807) is 0 Å². The Bertz CT molecular complexity index is 305. The van der Waals surface area contributed by atoms with Crippen molar-refractivity contribution in [3.8, 4) is 0 Å². The van der Waals surface area contributed by atoms with Crippen molar-refractivity contribution in [3.63, 3.8) is 0 Å². The Kier molecular flexibility index (Phi) is 5.30. The largest absolute Gasteiger partial charge is 0.313 e. The maximum Gasteiger partial charge on any atom is 0.0406 e. The molecule has 1 N–H and O–H groups in total. The minimum Gasteiger partial charge on any atom is -0.313 e. The van der Waals surface area contributed by atoms with Crippen LogP contribution >= 0.6 is 11.6 Å². The van der Waals surface area contributed by atoms with Gasteiger partial charge in [-0.3, -0.25) is 0 Å². The first-order chi connectivity index (χ1) is 7.56. The molecule has 0 heterocycles. The van der Waals surface area contributed by atoms with Gasteiger partial charge in [0.05, 0.1) is 0 Å². The molecule has 0 saturated heterocycles. The smallest absolute Gasteiger partial charge is 0.0406 e. The maximum atomic E-state index is 5.90. The van der Waals surface area contributed by atoms with Crippen molar-refractivity contribution in [1.29, 1.82) is 0 Å². The normalized spacial score (nSPS) is 15.1. The second-order valence-electron chi connectivity index (χ2n) is 4.67. The summed E-state index contributed by atoms with van der Waals surface area (Å²) in [4.78, 5) is 0. The van der Waals surface area contributed by atoms with Crippen LogP contribution in [0.2, 0.25) is 5.02 Å². The Morgan fingerprint density at radius 1 is 1.12 bits per heavy atom. The van der Waals surface area contributed by atoms with Crippen LogP contribution in [0.25, 0.3) is 0 Å². The first-order valence-corrected chi connectivity index (χ1v) is 6.43. The summed E-state index contributed by atoms with van der Waals surface area (Å²) in [5, 5.41) is 4.37. The van der Waals surface area contributed by atoms with Crippen molar-refractivity contribution in [2.45, 2.75) is 39.7 Å². The van der Waals surface area contributed by atoms with Crippen LogP contribution in [-0.4, -0.2) is 12.6 Å². The van der Waals surface area contributed by atoms with E-state index >= 15 is 0 Å². The van der Waals surface area contributed by atoms with Gasteiger partial charge in [-0.05, 0) is 36.1 Å². The summed E-state index contributed by atoms with van der Waals surface area (Å²) < 4.78 is 0. The van der Waals surface area contributed by atoms with Crippen LogP contribution < -0.4 is 5.32 Å². The van der Waals surface area contributed by atoms with E-state index in [1.165, 1.54) is 5.56 Å². The molecule has 1 rings (SSSR count). The lowest BCUT2D eigenvalue weighted by Gasteiger charge is -2.28. The van der Waals surface area contributed by atoms with E-state index in [0.717, 1.165) is 11.6 Å². The molecular formula is C14H22ClN. The van der Waals surface area contributed by atoms with Crippen LogP contribution in [0.4, 0.5) is 0 Å². The van der Waals surface area contributed by atoms with Gasteiger partial charge < -0.3 is 5.32 Å². The van der Waals surface area contributed by atoms with E-state index in [4.69, 9.17) is 11.6 Å². The number of benzene rings is 1. The third-order valence-corrected chi connectivity index (χ3v) is 3.34. The number of hydrogen-bond donors (Lipinski definition) is 1. The molecule has 0 aliphatic carbocycles. The number of halogens is 1. The van der Waals surface area contributed by atoms with E-state index in [-0.39, 0.29) is 0 Å². The highest BCUT2D eigenvalue weighted by molar-refractivity contribution is 6.30. The van der Waals surface area contributed by atoms with Crippen LogP contribution in [0.15, 0.2) is 24.3 Å². The molecule has 90 valence electrons. The molecule has 1 nitrogen and oxygen atoms in total. The Labute approximate surface area is 104 Å². The monoisotopic (exact) mass is 239 g/mol. The van der Waals surface area contributed by atoms with Crippen molar-refractivity contribution in [3.05, 3.63) is 34.9 Å². The van der Waals surface area contributed by atoms with E-state index < -0.39 is 0 Å². The quantitative estimate of drug-likeness (QED) is 0.817. The topological polar surface area (TPSA) is 12.0 Å². The van der Waals surface area contributed by atoms with Gasteiger partial charge >= 0.3 is 0 Å². The molecule has 0 bridgehead atoms. The minimum atomic E-state index is 0.511. The zero-order chi connectivity index (χ0) is 12.1. The molecule has 0 fully saturated rings. The maximum absolute atomic E-state index is 5.90. The van der Waals surface area contributed by atoms with Crippen molar-refractivity contribution < 1.29 is 0 Å². The van der Waals surface area contributed by atoms with E-state index in [1.807, 2.05) is 12.1 Å². The SMILES string of the molecule is CCNC(C(C)C)C(C)c1ccc(Cl)cc1. The number of likely N-dealkylation sites (N-methyl/N-ethyl adjacent to an activating group) is 1. The number of hydrogen-bond acceptors (Lipinski definition) is 1. The lowest BCUT2D eigenvalue weighted by Crippen LogP contribution is -2.38. The summed E-state index contributed by atoms with van der Waals surface area (Å²) in [5.41, 5.74) is 1.35. The van der Waals surface area contributed by atoms with E-state index in [9.17, 15) is 0 Å². The predicted molar refractivity (Wildman–Crippen MR) is 72.2 cm³/mol. The Balaban J connectivity index is 2.81. The molecule has 1 aromatic rings. The molecule has 0 radical (unpaired) electrons. The van der Waals surface area contributed by atoms with Gasteiger partial charge in [-0.15, -0.1) is 0 Å². The third-order valence-electron chi connectivity index (χ3n) is 3.09. The molecule has 2 atom stereocenters. The van der Waals surface area contributed by atoms with Crippen LogP contribution in [-0.2, 0) is 0 Å². The highest BCUT2D eigenvalue weighted by atomic mass is 35.5. The summed E-state index contributed by atoms with van der Waals surface area (Å²) in [5.74, 6) is 1.14. The van der Waals surface area contributed by atoms with Gasteiger partial charge in [0.15, 0.2) is 0 Å². The Morgan fingerprint density at radius 2 is 1.69 bits per heavy atom. The van der Waals surface area contributed by atoms with E-state index in [0.29, 0.717) is 17.9 Å². The van der Waals surface area contributed by atoms with Crippen molar-refractivity contribution in [2.75, 3.05) is 6.54 Å². The van der Waals surface area contributed by atoms with Crippen molar-refractivity contribution >= 4 is 11.6 Å². The molecule has 2 unspecified atom stereocenters. The van der Waals surface area contributed by atoms with Crippen LogP contribution in [0.5, 0.6) is 0 Å². The molecular weight excluding hydrogens is 218 g/mol. The van der Waals surface area contributed by atoms with Gasteiger partial charge in [0.1, 0.15) is 0 Å². The number of rotatable bonds is 5. The third kappa shape index (κ3) is 3.50. The molecule has 0 aliphatic heterocycles. The standard InChI is InChI=1S/C14H22ClN/c1-5-16-14(10(2)3)11(4)12-6-8-13(15)9-7-12/h6-11,14,16H,5H2,1-4H3. The average molecular weight is 240 g/mol. The summed E-state index contributed by atoms with van der Waals surface area (Å²) in [7, 11) is 0. The van der Waals surface area contributed by atoms with Crippen LogP contribution in [0.3, 0.4) is 0 Å². The highest BCUT2D eigenvalue weighted by Gasteiger charge is 2.20. The van der Waals surface area contributed by atoms with Gasteiger partial charge in [-0.1, -0.05) is 51.4 Å². The summed E-state index contributed by atoms with van der Waals surface area (Å²) in [6.07, 6.45) is 0. The zero-order valence-electron chi connectivity index (χ0n) is 10.6. The predicted octanol–water partition coefficient (Wildman–Crippen LogP) is 4.08. The molecule has 1 aromatic carbocycles. The van der Waals surface area contributed by atoms with Crippen molar-refractivity contribution in [2.24, 2.45) is 5.92 Å². The molecule has 0 amide bonds. The highest BCUT2D eigenvalue weighted by Crippen LogP contribution is 2.25. The van der Waals surface area contributed by atoms with E-state index in [2.05, 4.69) is 45.1 Å². The fourth-order valence-corrected chi connectivity index (χ4v) is 2.33. The minimum absolute atomic E-state index is 0.511. The molecule has 0 aliphatic rings. The zero-order valence-corrected chi connectivity index (χ0v) is 11.4. The van der Waals surface area contributed by atoms with Gasteiger partial charge in [0, 0.05) is 11.1 Å². The average Bonchev–Trinajstić information content (AvgIpc) is 2.25. The van der Waals surface area contributed by atoms with Crippen molar-refractivity contribution in [1.82, 2.24) is 5.32 Å². The van der Waals surface area contributed by atoms with Gasteiger partial charge in [-0.25, -0.2) is 0 Å². The molecule has 0 saturated carbocycles. The summed E-state index contributed by atoms with van der Waals surface area (Å²) in [6.45, 7) is 9.97. The van der Waals surface area contributed by atoms with Gasteiger partial charge in [0.25, 0.3) is 0 Å². The fourth-order valence-electron chi connectivity index (χ4n) is 2.20. The first-order valence-electron chi connectivity index (χ1n) is 6.05. The summed E-state index contributed by atoms with van der Waals surface area (Å²) >= 11 is 5.90. The second-order valence-corrected chi connectivity index (χ2v) is 5.10. The lowest BCUT2D eigenvalue weighted by molar-refractivity contribution is 0.360. The lowest BCUT2D eigenvalue weighted by atomic mass is 9.86. The van der Waals surface area contributed by atoms with Crippen LogP contribution in [0.1, 0.15) is 39.2 Å². The molecule has 0 spiro atoms. The van der Waals surface area contributed by atoms with Crippen LogP contribution in [0, 0.1) is 5.92 Å². The Morgan fingerprint density at radius 3 is 2.12 bits per heavy atom. The Hall–Kier alpha value is -0.530.